The van der Waals surface area contributed by atoms with Gasteiger partial charge in [-0.3, -0.25) is 9.48 Å². The first-order valence-electron chi connectivity index (χ1n) is 6.74. The van der Waals surface area contributed by atoms with Crippen LogP contribution in [0.25, 0.3) is 0 Å². The Labute approximate surface area is 108 Å². The van der Waals surface area contributed by atoms with E-state index in [4.69, 9.17) is 0 Å². The van der Waals surface area contributed by atoms with E-state index in [2.05, 4.69) is 17.3 Å². The van der Waals surface area contributed by atoms with Crippen molar-refractivity contribution in [2.24, 2.45) is 0 Å². The number of nitrogens with zero attached hydrogens (tertiary/aromatic N) is 3. The minimum atomic E-state index is -0.118. The number of aromatic nitrogens is 2. The van der Waals surface area contributed by atoms with Crippen LogP contribution < -0.4 is 5.32 Å². The van der Waals surface area contributed by atoms with Crippen LogP contribution in [-0.4, -0.2) is 39.7 Å². The van der Waals surface area contributed by atoms with Crippen molar-refractivity contribution in [2.75, 3.05) is 13.1 Å². The molecule has 0 spiro atoms. The van der Waals surface area contributed by atoms with Crippen molar-refractivity contribution >= 4 is 5.91 Å². The van der Waals surface area contributed by atoms with E-state index in [0.717, 1.165) is 38.0 Å². The molecule has 18 heavy (non-hydrogen) atoms. The summed E-state index contributed by atoms with van der Waals surface area (Å²) in [4.78, 5) is 14.0. The first kappa shape index (κ1) is 13.1. The Morgan fingerprint density at radius 3 is 2.83 bits per heavy atom. The van der Waals surface area contributed by atoms with E-state index in [1.54, 1.807) is 0 Å². The highest BCUT2D eigenvalue weighted by molar-refractivity contribution is 5.81. The van der Waals surface area contributed by atoms with E-state index in [9.17, 15) is 4.79 Å². The van der Waals surface area contributed by atoms with E-state index >= 15 is 0 Å². The molecule has 1 N–H and O–H groups in total. The zero-order chi connectivity index (χ0) is 13.0. The third kappa shape index (κ3) is 3.10. The third-order valence-electron chi connectivity index (χ3n) is 3.41. The first-order valence-corrected chi connectivity index (χ1v) is 6.74. The van der Waals surface area contributed by atoms with Crippen LogP contribution in [0.1, 0.15) is 32.3 Å². The van der Waals surface area contributed by atoms with Crippen LogP contribution in [0.15, 0.2) is 12.4 Å². The number of likely N-dealkylation sites (tertiary alicyclic amines) is 1. The fourth-order valence-electron chi connectivity index (χ4n) is 2.24. The van der Waals surface area contributed by atoms with Crippen LogP contribution in [0.2, 0.25) is 0 Å². The monoisotopic (exact) mass is 250 g/mol. The Kier molecular flexibility index (Phi) is 4.36. The second kappa shape index (κ2) is 6.00. The van der Waals surface area contributed by atoms with Gasteiger partial charge in [0.25, 0.3) is 0 Å². The Morgan fingerprint density at radius 1 is 1.50 bits per heavy atom. The van der Waals surface area contributed by atoms with Crippen molar-refractivity contribution in [3.8, 4) is 0 Å². The number of nitrogens with one attached hydrogen (secondary N) is 1. The molecular weight excluding hydrogens is 228 g/mol. The van der Waals surface area contributed by atoms with Gasteiger partial charge in [0.2, 0.25) is 5.91 Å². The Balaban J connectivity index is 1.80. The molecule has 100 valence electrons. The zero-order valence-electron chi connectivity index (χ0n) is 11.2. The number of amides is 1. The third-order valence-corrected chi connectivity index (χ3v) is 3.41. The lowest BCUT2D eigenvalue weighted by Gasteiger charge is -2.20. The number of carbonyl (C=O) groups is 1. The molecule has 1 aromatic heterocycles. The van der Waals surface area contributed by atoms with Gasteiger partial charge < -0.3 is 10.2 Å². The predicted octanol–water partition coefficient (Wildman–Crippen LogP) is 1.00. The van der Waals surface area contributed by atoms with Gasteiger partial charge in [-0.05, 0) is 26.7 Å². The van der Waals surface area contributed by atoms with Crippen LogP contribution in [0.4, 0.5) is 0 Å². The van der Waals surface area contributed by atoms with Gasteiger partial charge in [0.1, 0.15) is 0 Å². The van der Waals surface area contributed by atoms with Crippen molar-refractivity contribution in [1.82, 2.24) is 20.0 Å². The summed E-state index contributed by atoms with van der Waals surface area (Å²) < 4.78 is 1.89. The molecular formula is C13H22N4O. The molecule has 0 saturated carbocycles. The lowest BCUT2D eigenvalue weighted by atomic mass is 10.2. The van der Waals surface area contributed by atoms with E-state index in [1.165, 1.54) is 0 Å². The maximum absolute atomic E-state index is 12.1. The quantitative estimate of drug-likeness (QED) is 0.848. The summed E-state index contributed by atoms with van der Waals surface area (Å²) in [6.45, 7) is 7.40. The summed E-state index contributed by atoms with van der Waals surface area (Å²) in [6, 6.07) is -0.118. The summed E-state index contributed by atoms with van der Waals surface area (Å²) in [5.74, 6) is 0.218. The smallest absolute Gasteiger partial charge is 0.239 e. The minimum absolute atomic E-state index is 0.118. The lowest BCUT2D eigenvalue weighted by Crippen LogP contribution is -2.43. The van der Waals surface area contributed by atoms with E-state index < -0.39 is 0 Å². The highest BCUT2D eigenvalue weighted by Crippen LogP contribution is 2.09. The fourth-order valence-corrected chi connectivity index (χ4v) is 2.24. The van der Waals surface area contributed by atoms with Crippen molar-refractivity contribution in [1.29, 1.82) is 0 Å². The van der Waals surface area contributed by atoms with Gasteiger partial charge >= 0.3 is 0 Å². The Bertz CT molecular complexity index is 395. The van der Waals surface area contributed by atoms with Gasteiger partial charge in [0.15, 0.2) is 0 Å². The van der Waals surface area contributed by atoms with Gasteiger partial charge in [0.05, 0.1) is 12.2 Å². The van der Waals surface area contributed by atoms with E-state index in [1.807, 2.05) is 28.9 Å². The normalized spacial score (nSPS) is 17.1. The molecule has 1 saturated heterocycles. The van der Waals surface area contributed by atoms with Crippen molar-refractivity contribution in [3.63, 3.8) is 0 Å². The number of aryl methyl sites for hydroxylation is 1. The first-order chi connectivity index (χ1) is 8.70. The molecule has 5 heteroatoms. The average molecular weight is 250 g/mol. The molecule has 5 nitrogen and oxygen atoms in total. The summed E-state index contributed by atoms with van der Waals surface area (Å²) in [6.07, 6.45) is 6.15. The maximum Gasteiger partial charge on any atom is 0.239 e. The van der Waals surface area contributed by atoms with Gasteiger partial charge in [-0.1, -0.05) is 0 Å². The van der Waals surface area contributed by atoms with Gasteiger partial charge in [0, 0.05) is 37.9 Å². The molecule has 0 bridgehead atoms. The molecule has 1 unspecified atom stereocenters. The highest BCUT2D eigenvalue weighted by atomic mass is 16.2. The summed E-state index contributed by atoms with van der Waals surface area (Å²) >= 11 is 0. The van der Waals surface area contributed by atoms with E-state index in [-0.39, 0.29) is 11.9 Å². The number of carbonyl (C=O) groups excluding carboxylic acids is 1. The number of hydrogen-bond donors (Lipinski definition) is 1. The second-order valence-corrected chi connectivity index (χ2v) is 4.84. The largest absolute Gasteiger partial charge is 0.341 e. The summed E-state index contributed by atoms with van der Waals surface area (Å²) in [5.41, 5.74) is 1.12. The predicted molar refractivity (Wildman–Crippen MR) is 70.0 cm³/mol. The van der Waals surface area contributed by atoms with Crippen LogP contribution in [0.3, 0.4) is 0 Å². The molecule has 1 amide bonds. The van der Waals surface area contributed by atoms with Crippen LogP contribution in [-0.2, 0) is 17.9 Å². The molecule has 0 radical (unpaired) electrons. The van der Waals surface area contributed by atoms with Crippen LogP contribution in [0, 0.1) is 0 Å². The van der Waals surface area contributed by atoms with Crippen LogP contribution >= 0.6 is 0 Å². The van der Waals surface area contributed by atoms with Gasteiger partial charge in [-0.2, -0.15) is 5.10 Å². The number of hydrogen-bond acceptors (Lipinski definition) is 3. The lowest BCUT2D eigenvalue weighted by molar-refractivity contribution is -0.131. The Hall–Kier alpha value is -1.36. The zero-order valence-corrected chi connectivity index (χ0v) is 11.2. The molecule has 2 rings (SSSR count). The molecule has 1 fully saturated rings. The van der Waals surface area contributed by atoms with Crippen molar-refractivity contribution in [2.45, 2.75) is 45.8 Å². The number of rotatable bonds is 5. The standard InChI is InChI=1S/C13H22N4O/c1-3-17-10-12(9-15-17)8-14-11(2)13(18)16-6-4-5-7-16/h9-11,14H,3-8H2,1-2H3. The molecule has 0 aliphatic carbocycles. The maximum atomic E-state index is 12.1. The Morgan fingerprint density at radius 2 is 2.22 bits per heavy atom. The molecule has 1 atom stereocenters. The minimum Gasteiger partial charge on any atom is -0.341 e. The fraction of sp³-hybridized carbons (Fsp3) is 0.692. The molecule has 1 aliphatic heterocycles. The van der Waals surface area contributed by atoms with Crippen molar-refractivity contribution < 1.29 is 4.79 Å². The summed E-state index contributed by atoms with van der Waals surface area (Å²) in [7, 11) is 0. The SMILES string of the molecule is CCn1cc(CNC(C)C(=O)N2CCCC2)cn1. The highest BCUT2D eigenvalue weighted by Gasteiger charge is 2.22. The topological polar surface area (TPSA) is 50.2 Å². The molecule has 0 aromatic carbocycles. The van der Waals surface area contributed by atoms with Gasteiger partial charge in [-0.25, -0.2) is 0 Å². The van der Waals surface area contributed by atoms with Gasteiger partial charge in [-0.15, -0.1) is 0 Å². The van der Waals surface area contributed by atoms with E-state index in [0.29, 0.717) is 6.54 Å². The average Bonchev–Trinajstić information content (AvgIpc) is 3.05. The molecule has 1 aromatic rings. The van der Waals surface area contributed by atoms with Crippen LogP contribution in [0.5, 0.6) is 0 Å². The second-order valence-electron chi connectivity index (χ2n) is 4.84. The molecule has 1 aliphatic rings. The molecule has 2 heterocycles. The van der Waals surface area contributed by atoms with Crippen molar-refractivity contribution in [3.05, 3.63) is 18.0 Å². The summed E-state index contributed by atoms with van der Waals surface area (Å²) in [5, 5.41) is 7.48.